The average molecular weight is 420 g/mol. The van der Waals surface area contributed by atoms with Crippen molar-refractivity contribution in [3.05, 3.63) is 65.0 Å². The molecule has 1 aromatic carbocycles. The fourth-order valence-corrected chi connectivity index (χ4v) is 5.68. The molecule has 2 N–H and O–H groups in total. The third kappa shape index (κ3) is 5.17. The smallest absolute Gasteiger partial charge is 0.0607 e. The Labute approximate surface area is 187 Å². The highest BCUT2D eigenvalue weighted by Crippen LogP contribution is 2.33. The van der Waals surface area contributed by atoms with Crippen molar-refractivity contribution in [2.75, 3.05) is 45.8 Å². The van der Waals surface area contributed by atoms with E-state index in [1.165, 1.54) is 67.7 Å². The van der Waals surface area contributed by atoms with Crippen LogP contribution in [0, 0.1) is 0 Å². The summed E-state index contributed by atoms with van der Waals surface area (Å²) in [6.07, 6.45) is 8.06. The summed E-state index contributed by atoms with van der Waals surface area (Å²) in [5.74, 6) is 0. The highest BCUT2D eigenvalue weighted by atomic mass is 15.2. The number of nitrogens with zero attached hydrogens (tertiary/aromatic N) is 3. The molecule has 5 heteroatoms. The highest BCUT2D eigenvalue weighted by molar-refractivity contribution is 5.30. The molecule has 1 saturated heterocycles. The van der Waals surface area contributed by atoms with Crippen LogP contribution in [0.3, 0.4) is 0 Å². The van der Waals surface area contributed by atoms with Crippen molar-refractivity contribution in [2.45, 2.75) is 50.7 Å². The first kappa shape index (κ1) is 21.1. The van der Waals surface area contributed by atoms with Crippen molar-refractivity contribution < 1.29 is 0 Å². The van der Waals surface area contributed by atoms with Crippen LogP contribution in [-0.4, -0.2) is 66.6 Å². The molecule has 1 aromatic heterocycles. The zero-order valence-electron chi connectivity index (χ0n) is 18.7. The molecular weight excluding hydrogens is 382 g/mol. The van der Waals surface area contributed by atoms with Crippen LogP contribution in [0.5, 0.6) is 0 Å². The normalized spacial score (nSPS) is 24.0. The number of fused-ring (bicyclic) bond motifs is 2. The second kappa shape index (κ2) is 10.2. The van der Waals surface area contributed by atoms with Crippen molar-refractivity contribution in [1.29, 1.82) is 0 Å². The molecule has 31 heavy (non-hydrogen) atoms. The second-order valence-corrected chi connectivity index (χ2v) is 9.45. The van der Waals surface area contributed by atoms with Crippen LogP contribution in [0.4, 0.5) is 0 Å². The minimum absolute atomic E-state index is 0.465. The van der Waals surface area contributed by atoms with Gasteiger partial charge in [-0.1, -0.05) is 30.3 Å². The van der Waals surface area contributed by atoms with Crippen LogP contribution in [0.15, 0.2) is 42.6 Å². The Hall–Kier alpha value is -1.79. The van der Waals surface area contributed by atoms with Crippen LogP contribution in [0.2, 0.25) is 0 Å². The van der Waals surface area contributed by atoms with Crippen molar-refractivity contribution in [2.24, 2.45) is 0 Å². The molecule has 3 heterocycles. The fraction of sp³-hybridized carbons (Fsp3) is 0.577. The van der Waals surface area contributed by atoms with E-state index < -0.39 is 0 Å². The molecule has 5 rings (SSSR count). The lowest BCUT2D eigenvalue weighted by atomic mass is 9.89. The van der Waals surface area contributed by atoms with Gasteiger partial charge < -0.3 is 15.5 Å². The molecule has 0 spiro atoms. The summed E-state index contributed by atoms with van der Waals surface area (Å²) in [7, 11) is 0. The van der Waals surface area contributed by atoms with E-state index in [2.05, 4.69) is 56.8 Å². The summed E-state index contributed by atoms with van der Waals surface area (Å²) >= 11 is 0. The molecule has 2 aliphatic heterocycles. The summed E-state index contributed by atoms with van der Waals surface area (Å²) in [4.78, 5) is 10.3. The number of aromatic nitrogens is 1. The number of rotatable bonds is 7. The van der Waals surface area contributed by atoms with E-state index in [0.29, 0.717) is 12.1 Å². The van der Waals surface area contributed by atoms with Crippen molar-refractivity contribution >= 4 is 0 Å². The van der Waals surface area contributed by atoms with Gasteiger partial charge in [0.25, 0.3) is 0 Å². The molecule has 1 fully saturated rings. The Bertz CT molecular complexity index is 847. The molecule has 3 aliphatic rings. The summed E-state index contributed by atoms with van der Waals surface area (Å²) in [5, 5.41) is 7.30. The number of aryl methyl sites for hydroxylation is 1. The van der Waals surface area contributed by atoms with Crippen molar-refractivity contribution in [3.8, 4) is 0 Å². The lowest BCUT2D eigenvalue weighted by Gasteiger charge is -2.39. The van der Waals surface area contributed by atoms with E-state index in [-0.39, 0.29) is 0 Å². The van der Waals surface area contributed by atoms with Crippen LogP contribution >= 0.6 is 0 Å². The van der Waals surface area contributed by atoms with Gasteiger partial charge in [0.05, 0.1) is 11.7 Å². The summed E-state index contributed by atoms with van der Waals surface area (Å²) < 4.78 is 0. The fourth-order valence-electron chi connectivity index (χ4n) is 5.68. The zero-order chi connectivity index (χ0) is 20.9. The van der Waals surface area contributed by atoms with Gasteiger partial charge in [0, 0.05) is 58.1 Å². The van der Waals surface area contributed by atoms with Crippen molar-refractivity contribution in [3.63, 3.8) is 0 Å². The van der Waals surface area contributed by atoms with Gasteiger partial charge in [-0.05, 0) is 61.4 Å². The maximum Gasteiger partial charge on any atom is 0.0607 e. The van der Waals surface area contributed by atoms with Gasteiger partial charge in [-0.25, -0.2) is 0 Å². The number of nitrogens with one attached hydrogen (secondary N) is 2. The molecule has 166 valence electrons. The maximum atomic E-state index is 4.87. The molecule has 1 aliphatic carbocycles. The third-order valence-electron chi connectivity index (χ3n) is 7.36. The number of benzene rings is 1. The van der Waals surface area contributed by atoms with Crippen molar-refractivity contribution in [1.82, 2.24) is 25.4 Å². The van der Waals surface area contributed by atoms with Gasteiger partial charge in [0.2, 0.25) is 0 Å². The summed E-state index contributed by atoms with van der Waals surface area (Å²) in [6, 6.07) is 14.3. The van der Waals surface area contributed by atoms with Gasteiger partial charge in [-0.2, -0.15) is 0 Å². The predicted octanol–water partition coefficient (Wildman–Crippen LogP) is 2.77. The van der Waals surface area contributed by atoms with Crippen LogP contribution < -0.4 is 10.6 Å². The number of hydrogen-bond acceptors (Lipinski definition) is 5. The number of pyridine rings is 1. The zero-order valence-corrected chi connectivity index (χ0v) is 18.7. The largest absolute Gasteiger partial charge is 0.314 e. The Morgan fingerprint density at radius 3 is 2.77 bits per heavy atom. The van der Waals surface area contributed by atoms with E-state index >= 15 is 0 Å². The molecule has 5 nitrogen and oxygen atoms in total. The molecule has 2 aromatic rings. The molecule has 0 radical (unpaired) electrons. The SMILES string of the molecule is c1ccc2c(c1)CN[C@H](CN(CCCN1CCNCC1)[C@H]1CCCc3cccnc31)C2. The minimum atomic E-state index is 0.465. The molecule has 0 saturated carbocycles. The summed E-state index contributed by atoms with van der Waals surface area (Å²) in [6.45, 7) is 9.12. The number of hydrogen-bond donors (Lipinski definition) is 2. The maximum absolute atomic E-state index is 4.87. The Morgan fingerprint density at radius 2 is 1.87 bits per heavy atom. The van der Waals surface area contributed by atoms with E-state index in [1.54, 1.807) is 0 Å². The standard InChI is InChI=1S/C26H37N5/c1-2-7-23-19-29-24(18-22(23)6-1)20-31(15-5-14-30-16-12-27-13-17-30)25-10-3-8-21-9-4-11-28-26(21)25/h1-2,4,6-7,9,11,24-25,27,29H,3,5,8,10,12-20H2/t24-,25-/m0/s1. The average Bonchev–Trinajstić information content (AvgIpc) is 2.84. The predicted molar refractivity (Wildman–Crippen MR) is 126 cm³/mol. The second-order valence-electron chi connectivity index (χ2n) is 9.45. The summed E-state index contributed by atoms with van der Waals surface area (Å²) in [5.41, 5.74) is 5.79. The first-order chi connectivity index (χ1) is 15.4. The molecule has 0 amide bonds. The van der Waals surface area contributed by atoms with Gasteiger partial charge >= 0.3 is 0 Å². The van der Waals surface area contributed by atoms with Gasteiger partial charge in [-0.15, -0.1) is 0 Å². The van der Waals surface area contributed by atoms with E-state index in [0.717, 1.165) is 39.1 Å². The van der Waals surface area contributed by atoms with Crippen LogP contribution in [0.25, 0.3) is 0 Å². The lowest BCUT2D eigenvalue weighted by Crippen LogP contribution is -2.47. The number of piperazine rings is 1. The molecule has 2 atom stereocenters. The highest BCUT2D eigenvalue weighted by Gasteiger charge is 2.29. The third-order valence-corrected chi connectivity index (χ3v) is 7.36. The molecular formula is C26H37N5. The molecule has 0 bridgehead atoms. The Kier molecular flexibility index (Phi) is 6.95. The minimum Gasteiger partial charge on any atom is -0.314 e. The first-order valence-corrected chi connectivity index (χ1v) is 12.3. The van der Waals surface area contributed by atoms with Gasteiger partial charge in [-0.3, -0.25) is 9.88 Å². The lowest BCUT2D eigenvalue weighted by molar-refractivity contribution is 0.140. The monoisotopic (exact) mass is 419 g/mol. The van der Waals surface area contributed by atoms with E-state index in [1.807, 2.05) is 6.20 Å². The van der Waals surface area contributed by atoms with Gasteiger partial charge in [0.15, 0.2) is 0 Å². The Balaban J connectivity index is 1.28. The molecule has 0 unspecified atom stereocenters. The van der Waals surface area contributed by atoms with Crippen LogP contribution in [0.1, 0.15) is 47.7 Å². The first-order valence-electron chi connectivity index (χ1n) is 12.3. The van der Waals surface area contributed by atoms with Gasteiger partial charge in [0.1, 0.15) is 0 Å². The van der Waals surface area contributed by atoms with E-state index in [9.17, 15) is 0 Å². The van der Waals surface area contributed by atoms with E-state index in [4.69, 9.17) is 4.98 Å². The topological polar surface area (TPSA) is 43.4 Å². The van der Waals surface area contributed by atoms with Crippen LogP contribution in [-0.2, 0) is 19.4 Å². The quantitative estimate of drug-likeness (QED) is 0.723. The Morgan fingerprint density at radius 1 is 1.03 bits per heavy atom.